The summed E-state index contributed by atoms with van der Waals surface area (Å²) in [6.07, 6.45) is 8.33. The molecule has 1 rings (SSSR count). The minimum Gasteiger partial charge on any atom is -0.312 e. The van der Waals surface area contributed by atoms with Crippen LogP contribution in [0, 0.1) is 5.92 Å². The van der Waals surface area contributed by atoms with Gasteiger partial charge in [0.15, 0.2) is 0 Å². The predicted molar refractivity (Wildman–Crippen MR) is 85.6 cm³/mol. The minimum atomic E-state index is 0.247. The van der Waals surface area contributed by atoms with Crippen molar-refractivity contribution in [2.75, 3.05) is 13.6 Å². The quantitative estimate of drug-likeness (QED) is 0.781. The van der Waals surface area contributed by atoms with E-state index < -0.39 is 0 Å². The summed E-state index contributed by atoms with van der Waals surface area (Å²) in [5, 5.41) is 3.60. The third kappa shape index (κ3) is 6.27. The van der Waals surface area contributed by atoms with Crippen LogP contribution >= 0.6 is 0 Å². The fourth-order valence-corrected chi connectivity index (χ4v) is 3.18. The Kier molecular flexibility index (Phi) is 6.82. The van der Waals surface area contributed by atoms with Gasteiger partial charge in [0.25, 0.3) is 0 Å². The Bertz CT molecular complexity index is 236. The van der Waals surface area contributed by atoms with Crippen LogP contribution in [-0.4, -0.2) is 36.1 Å². The maximum absolute atomic E-state index is 3.60. The molecule has 0 radical (unpaired) electrons. The molecule has 1 fully saturated rings. The lowest BCUT2D eigenvalue weighted by molar-refractivity contribution is 0.121. The number of hydrogen-bond acceptors (Lipinski definition) is 2. The van der Waals surface area contributed by atoms with Gasteiger partial charge >= 0.3 is 0 Å². The van der Waals surface area contributed by atoms with Gasteiger partial charge in [-0.15, -0.1) is 0 Å². The van der Waals surface area contributed by atoms with E-state index >= 15 is 0 Å². The Morgan fingerprint density at radius 1 is 1.16 bits per heavy atom. The molecule has 0 saturated heterocycles. The zero-order chi connectivity index (χ0) is 14.5. The third-order valence-electron chi connectivity index (χ3n) is 4.88. The summed E-state index contributed by atoms with van der Waals surface area (Å²) in [5.41, 5.74) is 0.247. The maximum Gasteiger partial charge on any atom is 0.00965 e. The topological polar surface area (TPSA) is 15.3 Å². The van der Waals surface area contributed by atoms with Gasteiger partial charge in [-0.1, -0.05) is 13.3 Å². The molecule has 1 N–H and O–H groups in total. The standard InChI is InChI=1S/C17H36N2/c1-7-15-8-10-16(11-9-15)19(6)14(2)12-13-18-17(3,4)5/h14-16,18H,7-13H2,1-6H3. The van der Waals surface area contributed by atoms with E-state index in [1.807, 2.05) is 0 Å². The molecule has 114 valence electrons. The summed E-state index contributed by atoms with van der Waals surface area (Å²) >= 11 is 0. The first-order valence-corrected chi connectivity index (χ1v) is 8.30. The average molecular weight is 268 g/mol. The summed E-state index contributed by atoms with van der Waals surface area (Å²) in [6, 6.07) is 1.52. The summed E-state index contributed by atoms with van der Waals surface area (Å²) in [4.78, 5) is 2.64. The lowest BCUT2D eigenvalue weighted by atomic mass is 9.83. The van der Waals surface area contributed by atoms with Gasteiger partial charge in [-0.2, -0.15) is 0 Å². The predicted octanol–water partition coefficient (Wildman–Crippen LogP) is 4.05. The Morgan fingerprint density at radius 3 is 2.21 bits per heavy atom. The van der Waals surface area contributed by atoms with Crippen LogP contribution in [0.25, 0.3) is 0 Å². The molecule has 1 atom stereocenters. The summed E-state index contributed by atoms with van der Waals surface area (Å²) in [5.74, 6) is 1.00. The van der Waals surface area contributed by atoms with E-state index in [1.54, 1.807) is 0 Å². The molecule has 0 aromatic carbocycles. The smallest absolute Gasteiger partial charge is 0.00965 e. The molecular formula is C17H36N2. The van der Waals surface area contributed by atoms with Crippen LogP contribution in [0.1, 0.15) is 73.1 Å². The van der Waals surface area contributed by atoms with E-state index in [4.69, 9.17) is 0 Å². The fourth-order valence-electron chi connectivity index (χ4n) is 3.18. The molecule has 1 unspecified atom stereocenters. The van der Waals surface area contributed by atoms with Crippen LogP contribution in [0.4, 0.5) is 0 Å². The number of hydrogen-bond donors (Lipinski definition) is 1. The van der Waals surface area contributed by atoms with Gasteiger partial charge in [-0.05, 0) is 79.3 Å². The van der Waals surface area contributed by atoms with Crippen LogP contribution in [0.15, 0.2) is 0 Å². The molecule has 1 aliphatic carbocycles. The molecule has 0 aromatic rings. The lowest BCUT2D eigenvalue weighted by Gasteiger charge is -2.38. The monoisotopic (exact) mass is 268 g/mol. The van der Waals surface area contributed by atoms with Gasteiger partial charge in [0, 0.05) is 17.6 Å². The van der Waals surface area contributed by atoms with Gasteiger partial charge in [0.2, 0.25) is 0 Å². The highest BCUT2D eigenvalue weighted by Gasteiger charge is 2.25. The molecule has 0 bridgehead atoms. The second-order valence-electron chi connectivity index (χ2n) is 7.56. The molecule has 0 heterocycles. The van der Waals surface area contributed by atoms with Crippen LogP contribution in [0.2, 0.25) is 0 Å². The Balaban J connectivity index is 2.26. The first kappa shape index (κ1) is 17.0. The van der Waals surface area contributed by atoms with E-state index in [-0.39, 0.29) is 5.54 Å². The summed E-state index contributed by atoms with van der Waals surface area (Å²) in [6.45, 7) is 12.6. The molecular weight excluding hydrogens is 232 g/mol. The second-order valence-corrected chi connectivity index (χ2v) is 7.56. The van der Waals surface area contributed by atoms with Crippen molar-refractivity contribution in [3.8, 4) is 0 Å². The largest absolute Gasteiger partial charge is 0.312 e. The molecule has 1 aliphatic rings. The number of rotatable bonds is 6. The van der Waals surface area contributed by atoms with E-state index in [1.165, 1.54) is 38.5 Å². The first-order chi connectivity index (χ1) is 8.83. The summed E-state index contributed by atoms with van der Waals surface area (Å²) in [7, 11) is 2.33. The highest BCUT2D eigenvalue weighted by atomic mass is 15.2. The zero-order valence-corrected chi connectivity index (χ0v) is 14.1. The molecule has 0 aromatic heterocycles. The molecule has 1 saturated carbocycles. The highest BCUT2D eigenvalue weighted by molar-refractivity contribution is 4.81. The lowest BCUT2D eigenvalue weighted by Crippen LogP contribution is -2.43. The third-order valence-corrected chi connectivity index (χ3v) is 4.88. The molecule has 0 spiro atoms. The van der Waals surface area contributed by atoms with Crippen molar-refractivity contribution in [1.29, 1.82) is 0 Å². The molecule has 2 heteroatoms. The van der Waals surface area contributed by atoms with E-state index in [2.05, 4.69) is 51.9 Å². The fraction of sp³-hybridized carbons (Fsp3) is 1.00. The van der Waals surface area contributed by atoms with Gasteiger partial charge in [0.05, 0.1) is 0 Å². The Labute approximate surface area is 121 Å². The van der Waals surface area contributed by atoms with E-state index in [0.29, 0.717) is 6.04 Å². The minimum absolute atomic E-state index is 0.247. The van der Waals surface area contributed by atoms with Crippen LogP contribution < -0.4 is 5.32 Å². The van der Waals surface area contributed by atoms with Crippen molar-refractivity contribution in [3.05, 3.63) is 0 Å². The van der Waals surface area contributed by atoms with Gasteiger partial charge in [-0.3, -0.25) is 0 Å². The maximum atomic E-state index is 3.60. The molecule has 0 aliphatic heterocycles. The van der Waals surface area contributed by atoms with Crippen molar-refractivity contribution >= 4 is 0 Å². The van der Waals surface area contributed by atoms with Crippen LogP contribution in [0.5, 0.6) is 0 Å². The highest BCUT2D eigenvalue weighted by Crippen LogP contribution is 2.29. The zero-order valence-electron chi connectivity index (χ0n) is 14.1. The number of nitrogens with zero attached hydrogens (tertiary/aromatic N) is 1. The van der Waals surface area contributed by atoms with Gasteiger partial charge in [-0.25, -0.2) is 0 Å². The Morgan fingerprint density at radius 2 is 1.74 bits per heavy atom. The molecule has 2 nitrogen and oxygen atoms in total. The average Bonchev–Trinajstić information content (AvgIpc) is 2.36. The summed E-state index contributed by atoms with van der Waals surface area (Å²) < 4.78 is 0. The van der Waals surface area contributed by atoms with Crippen LogP contribution in [-0.2, 0) is 0 Å². The van der Waals surface area contributed by atoms with E-state index in [9.17, 15) is 0 Å². The van der Waals surface area contributed by atoms with Crippen molar-refractivity contribution in [2.24, 2.45) is 5.92 Å². The van der Waals surface area contributed by atoms with Crippen molar-refractivity contribution in [2.45, 2.75) is 90.8 Å². The first-order valence-electron chi connectivity index (χ1n) is 8.30. The number of nitrogens with one attached hydrogen (secondary N) is 1. The van der Waals surface area contributed by atoms with E-state index in [0.717, 1.165) is 18.5 Å². The van der Waals surface area contributed by atoms with Crippen LogP contribution in [0.3, 0.4) is 0 Å². The van der Waals surface area contributed by atoms with Crippen molar-refractivity contribution in [1.82, 2.24) is 10.2 Å². The molecule has 0 amide bonds. The molecule has 19 heavy (non-hydrogen) atoms. The normalized spacial score (nSPS) is 26.7. The van der Waals surface area contributed by atoms with Crippen molar-refractivity contribution < 1.29 is 0 Å². The van der Waals surface area contributed by atoms with Gasteiger partial charge in [0.1, 0.15) is 0 Å². The van der Waals surface area contributed by atoms with Crippen molar-refractivity contribution in [3.63, 3.8) is 0 Å². The SMILES string of the molecule is CCC1CCC(N(C)C(C)CCNC(C)(C)C)CC1. The second kappa shape index (κ2) is 7.64. The van der Waals surface area contributed by atoms with Gasteiger partial charge < -0.3 is 10.2 Å². The Hall–Kier alpha value is -0.0800.